The van der Waals surface area contributed by atoms with Crippen LogP contribution in [0.2, 0.25) is 0 Å². The highest BCUT2D eigenvalue weighted by molar-refractivity contribution is 7.92. The smallest absolute Gasteiger partial charge is 0.338 e. The van der Waals surface area contributed by atoms with Crippen LogP contribution in [0.3, 0.4) is 0 Å². The van der Waals surface area contributed by atoms with Crippen molar-refractivity contribution in [3.05, 3.63) is 42.2 Å². The van der Waals surface area contributed by atoms with Crippen LogP contribution >= 0.6 is 0 Å². The highest BCUT2D eigenvalue weighted by Gasteiger charge is 2.15. The number of nitrogens with one attached hydrogen (secondary N) is 2. The van der Waals surface area contributed by atoms with Crippen molar-refractivity contribution < 1.29 is 17.9 Å². The van der Waals surface area contributed by atoms with E-state index in [2.05, 4.69) is 14.9 Å². The van der Waals surface area contributed by atoms with Gasteiger partial charge in [0.25, 0.3) is 10.0 Å². The van der Waals surface area contributed by atoms with Crippen LogP contribution in [-0.4, -0.2) is 31.2 Å². The summed E-state index contributed by atoms with van der Waals surface area (Å²) in [6.07, 6.45) is 2.77. The zero-order chi connectivity index (χ0) is 14.6. The van der Waals surface area contributed by atoms with E-state index < -0.39 is 16.0 Å². The molecule has 8 heteroatoms. The summed E-state index contributed by atoms with van der Waals surface area (Å²) in [5.41, 5.74) is 0.633. The maximum absolute atomic E-state index is 12.0. The van der Waals surface area contributed by atoms with Crippen molar-refractivity contribution in [2.45, 2.75) is 11.8 Å². The minimum Gasteiger partial charge on any atom is -0.462 e. The molecular formula is C12H13N3O4S. The van der Waals surface area contributed by atoms with Crippen LogP contribution in [-0.2, 0) is 14.8 Å². The lowest BCUT2D eigenvalue weighted by molar-refractivity contribution is 0.0526. The van der Waals surface area contributed by atoms with E-state index in [9.17, 15) is 13.2 Å². The number of ether oxygens (including phenoxy) is 1. The summed E-state index contributed by atoms with van der Waals surface area (Å²) in [4.78, 5) is 11.5. The normalized spacial score (nSPS) is 11.1. The second kappa shape index (κ2) is 5.74. The molecule has 0 aliphatic carbocycles. The minimum atomic E-state index is -3.70. The third-order valence-electron chi connectivity index (χ3n) is 2.43. The molecule has 2 rings (SSSR count). The number of rotatable bonds is 5. The first-order chi connectivity index (χ1) is 9.53. The maximum atomic E-state index is 12.0. The van der Waals surface area contributed by atoms with Crippen molar-refractivity contribution in [2.75, 3.05) is 11.3 Å². The van der Waals surface area contributed by atoms with Gasteiger partial charge in [0.1, 0.15) is 0 Å². The van der Waals surface area contributed by atoms with Crippen LogP contribution in [0.15, 0.2) is 41.6 Å². The fraction of sp³-hybridized carbons (Fsp3) is 0.167. The molecule has 1 heterocycles. The van der Waals surface area contributed by atoms with Gasteiger partial charge >= 0.3 is 5.97 Å². The fourth-order valence-electron chi connectivity index (χ4n) is 1.51. The number of carbonyl (C=O) groups excluding carboxylic acids is 1. The number of aromatic nitrogens is 2. The Hall–Kier alpha value is -2.35. The molecule has 1 aromatic carbocycles. The molecule has 2 aromatic rings. The molecule has 2 N–H and O–H groups in total. The van der Waals surface area contributed by atoms with Gasteiger partial charge in [-0.15, -0.1) is 0 Å². The summed E-state index contributed by atoms with van der Waals surface area (Å²) in [7, 11) is -3.70. The monoisotopic (exact) mass is 295 g/mol. The van der Waals surface area contributed by atoms with Gasteiger partial charge < -0.3 is 4.74 Å². The van der Waals surface area contributed by atoms with E-state index in [1.807, 2.05) is 0 Å². The molecule has 0 spiro atoms. The van der Waals surface area contributed by atoms with Crippen molar-refractivity contribution >= 4 is 21.7 Å². The van der Waals surface area contributed by atoms with E-state index in [0.29, 0.717) is 11.3 Å². The summed E-state index contributed by atoms with van der Waals surface area (Å²) >= 11 is 0. The molecule has 0 amide bonds. The van der Waals surface area contributed by atoms with Gasteiger partial charge in [-0.1, -0.05) is 0 Å². The highest BCUT2D eigenvalue weighted by Crippen LogP contribution is 2.15. The summed E-state index contributed by atoms with van der Waals surface area (Å²) in [6.45, 7) is 1.96. The SMILES string of the molecule is CCOC(=O)c1ccc(S(=O)(=O)Nc2cn[nH]c2)cc1. The van der Waals surface area contributed by atoms with E-state index in [-0.39, 0.29) is 11.5 Å². The Morgan fingerprint density at radius 2 is 2.05 bits per heavy atom. The Kier molecular flexibility index (Phi) is 4.04. The highest BCUT2D eigenvalue weighted by atomic mass is 32.2. The third kappa shape index (κ3) is 3.15. The Bertz CT molecular complexity index is 678. The quantitative estimate of drug-likeness (QED) is 0.812. The molecule has 7 nitrogen and oxygen atoms in total. The van der Waals surface area contributed by atoms with Crippen LogP contribution in [0, 0.1) is 0 Å². The van der Waals surface area contributed by atoms with Crippen molar-refractivity contribution in [2.24, 2.45) is 0 Å². The first-order valence-electron chi connectivity index (χ1n) is 5.81. The fourth-order valence-corrected chi connectivity index (χ4v) is 2.54. The lowest BCUT2D eigenvalue weighted by Gasteiger charge is -2.06. The maximum Gasteiger partial charge on any atom is 0.338 e. The average Bonchev–Trinajstić information content (AvgIpc) is 2.91. The molecule has 0 atom stereocenters. The number of carbonyl (C=O) groups is 1. The molecule has 0 saturated carbocycles. The van der Waals surface area contributed by atoms with Crippen molar-refractivity contribution in [3.63, 3.8) is 0 Å². The first kappa shape index (κ1) is 14.1. The average molecular weight is 295 g/mol. The van der Waals surface area contributed by atoms with Crippen molar-refractivity contribution in [3.8, 4) is 0 Å². The first-order valence-corrected chi connectivity index (χ1v) is 7.30. The number of esters is 1. The number of anilines is 1. The second-order valence-corrected chi connectivity index (χ2v) is 5.52. The van der Waals surface area contributed by atoms with Gasteiger partial charge in [0.15, 0.2) is 0 Å². The summed E-state index contributed by atoms with van der Waals surface area (Å²) < 4.78 is 31.2. The van der Waals surface area contributed by atoms with Gasteiger partial charge in [-0.3, -0.25) is 9.82 Å². The zero-order valence-corrected chi connectivity index (χ0v) is 11.5. The number of aromatic amines is 1. The minimum absolute atomic E-state index is 0.0479. The second-order valence-electron chi connectivity index (χ2n) is 3.84. The molecule has 106 valence electrons. The summed E-state index contributed by atoms with van der Waals surface area (Å²) in [5, 5.41) is 6.15. The van der Waals surface area contributed by atoms with E-state index >= 15 is 0 Å². The largest absolute Gasteiger partial charge is 0.462 e. The van der Waals surface area contributed by atoms with Gasteiger partial charge in [0.05, 0.1) is 29.0 Å². The van der Waals surface area contributed by atoms with Gasteiger partial charge in [-0.25, -0.2) is 13.2 Å². The van der Waals surface area contributed by atoms with Crippen LogP contribution in [0.25, 0.3) is 0 Å². The molecule has 0 unspecified atom stereocenters. The van der Waals surface area contributed by atoms with Gasteiger partial charge in [-0.05, 0) is 31.2 Å². The summed E-state index contributed by atoms with van der Waals surface area (Å²) in [5.74, 6) is -0.487. The van der Waals surface area contributed by atoms with Crippen molar-refractivity contribution in [1.82, 2.24) is 10.2 Å². The number of hydrogen-bond donors (Lipinski definition) is 2. The molecule has 0 aliphatic heterocycles. The number of sulfonamides is 1. The Labute approximate surface area is 116 Å². The molecule has 1 aromatic heterocycles. The molecule has 0 saturated heterocycles. The summed E-state index contributed by atoms with van der Waals surface area (Å²) in [6, 6.07) is 5.49. The van der Waals surface area contributed by atoms with Crippen LogP contribution in [0.5, 0.6) is 0 Å². The molecule has 0 aliphatic rings. The van der Waals surface area contributed by atoms with Crippen LogP contribution < -0.4 is 4.72 Å². The Morgan fingerprint density at radius 1 is 1.35 bits per heavy atom. The molecule has 0 radical (unpaired) electrons. The lowest BCUT2D eigenvalue weighted by Crippen LogP contribution is -2.13. The van der Waals surface area contributed by atoms with Crippen molar-refractivity contribution in [1.29, 1.82) is 0 Å². The Balaban J connectivity index is 2.19. The molecule has 0 bridgehead atoms. The van der Waals surface area contributed by atoms with E-state index in [1.165, 1.54) is 36.7 Å². The van der Waals surface area contributed by atoms with Crippen LogP contribution in [0.1, 0.15) is 17.3 Å². The standard InChI is InChI=1S/C12H13N3O4S/c1-2-19-12(16)9-3-5-11(6-4-9)20(17,18)15-10-7-13-14-8-10/h3-8,15H,2H2,1H3,(H,13,14). The van der Waals surface area contributed by atoms with Gasteiger partial charge in [0.2, 0.25) is 0 Å². The topological polar surface area (TPSA) is 101 Å². The molecule has 0 fully saturated rings. The van der Waals surface area contributed by atoms with E-state index in [0.717, 1.165) is 0 Å². The third-order valence-corrected chi connectivity index (χ3v) is 3.82. The van der Waals surface area contributed by atoms with E-state index in [4.69, 9.17) is 4.74 Å². The predicted molar refractivity (Wildman–Crippen MR) is 71.8 cm³/mol. The Morgan fingerprint density at radius 3 is 2.60 bits per heavy atom. The van der Waals surface area contributed by atoms with E-state index in [1.54, 1.807) is 6.92 Å². The van der Waals surface area contributed by atoms with Gasteiger partial charge in [0, 0.05) is 6.20 Å². The lowest BCUT2D eigenvalue weighted by atomic mass is 10.2. The number of benzene rings is 1. The molecule has 20 heavy (non-hydrogen) atoms. The number of nitrogens with zero attached hydrogens (tertiary/aromatic N) is 1. The molecular weight excluding hydrogens is 282 g/mol. The number of H-pyrrole nitrogens is 1. The predicted octanol–water partition coefficient (Wildman–Crippen LogP) is 1.39. The number of hydrogen-bond acceptors (Lipinski definition) is 5. The van der Waals surface area contributed by atoms with Gasteiger partial charge in [-0.2, -0.15) is 5.10 Å². The van der Waals surface area contributed by atoms with Crippen LogP contribution in [0.4, 0.5) is 5.69 Å². The zero-order valence-electron chi connectivity index (χ0n) is 10.7.